The van der Waals surface area contributed by atoms with Crippen molar-refractivity contribution in [1.82, 2.24) is 9.78 Å². The van der Waals surface area contributed by atoms with Gasteiger partial charge in [-0.1, -0.05) is 11.6 Å². The number of carbonyl (C=O) groups is 1. The molecule has 0 spiro atoms. The fourth-order valence-corrected chi connectivity index (χ4v) is 1.84. The Labute approximate surface area is 103 Å². The van der Waals surface area contributed by atoms with Crippen LogP contribution in [0.3, 0.4) is 0 Å². The first-order valence-corrected chi connectivity index (χ1v) is 5.37. The van der Waals surface area contributed by atoms with E-state index in [4.69, 9.17) is 11.6 Å². The Morgan fingerprint density at radius 3 is 2.71 bits per heavy atom. The van der Waals surface area contributed by atoms with Crippen LogP contribution in [0.25, 0.3) is 0 Å². The van der Waals surface area contributed by atoms with Crippen molar-refractivity contribution in [3.63, 3.8) is 0 Å². The minimum Gasteiger partial charge on any atom is -0.288 e. The molecule has 2 rings (SSSR count). The Kier molecular flexibility index (Phi) is 2.98. The Hall–Kier alpha value is -1.68. The molecule has 0 radical (unpaired) electrons. The van der Waals surface area contributed by atoms with E-state index in [0.29, 0.717) is 11.3 Å². The van der Waals surface area contributed by atoms with Crippen LogP contribution in [0.1, 0.15) is 21.6 Å². The fraction of sp³-hybridized carbons (Fsp3) is 0.167. The van der Waals surface area contributed by atoms with Gasteiger partial charge in [-0.2, -0.15) is 5.10 Å². The summed E-state index contributed by atoms with van der Waals surface area (Å²) in [5, 5.41) is 4.30. The van der Waals surface area contributed by atoms with E-state index < -0.39 is 5.82 Å². The van der Waals surface area contributed by atoms with E-state index in [9.17, 15) is 9.18 Å². The highest BCUT2D eigenvalue weighted by atomic mass is 35.5. The minimum absolute atomic E-state index is 0.155. The van der Waals surface area contributed by atoms with Gasteiger partial charge < -0.3 is 0 Å². The highest BCUT2D eigenvalue weighted by molar-refractivity contribution is 6.35. The van der Waals surface area contributed by atoms with E-state index in [1.807, 2.05) is 0 Å². The number of aryl methyl sites for hydroxylation is 2. The lowest BCUT2D eigenvalue weighted by Gasteiger charge is -2.02. The van der Waals surface area contributed by atoms with Gasteiger partial charge in [0.15, 0.2) is 5.78 Å². The molecule has 3 nitrogen and oxygen atoms in total. The molecular weight excluding hydrogens is 243 g/mol. The summed E-state index contributed by atoms with van der Waals surface area (Å²) in [6.45, 7) is 1.72. The lowest BCUT2D eigenvalue weighted by atomic mass is 10.0. The van der Waals surface area contributed by atoms with Gasteiger partial charge in [0.05, 0.1) is 16.3 Å². The van der Waals surface area contributed by atoms with Crippen molar-refractivity contribution in [3.8, 4) is 0 Å². The summed E-state index contributed by atoms with van der Waals surface area (Å²) in [4.78, 5) is 12.1. The fourth-order valence-electron chi connectivity index (χ4n) is 1.64. The molecule has 0 aliphatic heterocycles. The first-order valence-electron chi connectivity index (χ1n) is 4.99. The molecule has 0 bridgehead atoms. The second-order valence-electron chi connectivity index (χ2n) is 3.76. The number of halogens is 2. The molecule has 0 N–H and O–H groups in total. The molecule has 0 unspecified atom stereocenters. The van der Waals surface area contributed by atoms with Gasteiger partial charge in [-0.15, -0.1) is 0 Å². The molecule has 1 heterocycles. The number of aromatic nitrogens is 2. The molecule has 2 aromatic rings. The summed E-state index contributed by atoms with van der Waals surface area (Å²) in [7, 11) is 1.72. The number of carbonyl (C=O) groups excluding carboxylic acids is 1. The van der Waals surface area contributed by atoms with Crippen molar-refractivity contribution in [2.24, 2.45) is 7.05 Å². The molecule has 0 fully saturated rings. The number of rotatable bonds is 2. The normalized spacial score (nSPS) is 10.6. The SMILES string of the molecule is Cc1nn(C)cc1C(=O)c1cc(F)ccc1Cl. The molecule has 0 saturated carbocycles. The van der Waals surface area contributed by atoms with Crippen LogP contribution < -0.4 is 0 Å². The number of hydrogen-bond donors (Lipinski definition) is 0. The van der Waals surface area contributed by atoms with Crippen LogP contribution in [-0.2, 0) is 7.05 Å². The second-order valence-corrected chi connectivity index (χ2v) is 4.16. The van der Waals surface area contributed by atoms with Crippen LogP contribution in [0, 0.1) is 12.7 Å². The molecule has 1 aromatic heterocycles. The smallest absolute Gasteiger partial charge is 0.198 e. The van der Waals surface area contributed by atoms with Crippen LogP contribution in [0.4, 0.5) is 4.39 Å². The van der Waals surface area contributed by atoms with E-state index in [1.165, 1.54) is 16.8 Å². The molecular formula is C12H10ClFN2O. The summed E-state index contributed by atoms with van der Waals surface area (Å²) in [6.07, 6.45) is 1.60. The number of ketones is 1. The molecule has 5 heteroatoms. The second kappa shape index (κ2) is 4.30. The minimum atomic E-state index is -0.487. The van der Waals surface area contributed by atoms with Crippen molar-refractivity contribution in [2.75, 3.05) is 0 Å². The van der Waals surface area contributed by atoms with Crippen LogP contribution >= 0.6 is 11.6 Å². The topological polar surface area (TPSA) is 34.9 Å². The van der Waals surface area contributed by atoms with Gasteiger partial charge in [0.25, 0.3) is 0 Å². The Morgan fingerprint density at radius 2 is 2.12 bits per heavy atom. The summed E-state index contributed by atoms with van der Waals surface area (Å²) in [6, 6.07) is 3.72. The molecule has 0 aliphatic rings. The molecule has 17 heavy (non-hydrogen) atoms. The van der Waals surface area contributed by atoms with E-state index in [2.05, 4.69) is 5.10 Å². The maximum atomic E-state index is 13.1. The zero-order valence-electron chi connectivity index (χ0n) is 9.37. The Bertz CT molecular complexity index is 592. The maximum absolute atomic E-state index is 13.1. The van der Waals surface area contributed by atoms with Crippen molar-refractivity contribution in [3.05, 3.63) is 52.1 Å². The van der Waals surface area contributed by atoms with Crippen molar-refractivity contribution in [2.45, 2.75) is 6.92 Å². The first-order chi connectivity index (χ1) is 7.99. The maximum Gasteiger partial charge on any atom is 0.198 e. The van der Waals surface area contributed by atoms with Gasteiger partial charge in [0.1, 0.15) is 5.82 Å². The number of hydrogen-bond acceptors (Lipinski definition) is 2. The molecule has 0 amide bonds. The summed E-state index contributed by atoms with van der Waals surface area (Å²) in [5.74, 6) is -0.806. The summed E-state index contributed by atoms with van der Waals surface area (Å²) < 4.78 is 14.6. The monoisotopic (exact) mass is 252 g/mol. The lowest BCUT2D eigenvalue weighted by Crippen LogP contribution is -2.03. The average Bonchev–Trinajstić information content (AvgIpc) is 2.60. The van der Waals surface area contributed by atoms with Crippen molar-refractivity contribution >= 4 is 17.4 Å². The molecule has 0 atom stereocenters. The van der Waals surface area contributed by atoms with E-state index in [0.717, 1.165) is 6.07 Å². The predicted octanol–water partition coefficient (Wildman–Crippen LogP) is 2.75. The largest absolute Gasteiger partial charge is 0.288 e. The standard InChI is InChI=1S/C12H10ClFN2O/c1-7-10(6-16(2)15-7)12(17)9-5-8(14)3-4-11(9)13/h3-6H,1-2H3. The van der Waals surface area contributed by atoms with Gasteiger partial charge in [0.2, 0.25) is 0 Å². The molecule has 0 saturated heterocycles. The highest BCUT2D eigenvalue weighted by Crippen LogP contribution is 2.21. The van der Waals surface area contributed by atoms with Crippen LogP contribution in [0.15, 0.2) is 24.4 Å². The van der Waals surface area contributed by atoms with Gasteiger partial charge in [0, 0.05) is 18.8 Å². The molecule has 0 aliphatic carbocycles. The van der Waals surface area contributed by atoms with Crippen LogP contribution in [0.5, 0.6) is 0 Å². The van der Waals surface area contributed by atoms with Crippen molar-refractivity contribution < 1.29 is 9.18 Å². The third-order valence-electron chi connectivity index (χ3n) is 2.43. The average molecular weight is 253 g/mol. The third kappa shape index (κ3) is 2.22. The molecule has 1 aromatic carbocycles. The first kappa shape index (κ1) is 11.8. The quantitative estimate of drug-likeness (QED) is 0.771. The van der Waals surface area contributed by atoms with E-state index in [1.54, 1.807) is 20.2 Å². The zero-order valence-corrected chi connectivity index (χ0v) is 10.1. The Morgan fingerprint density at radius 1 is 1.41 bits per heavy atom. The molecule has 88 valence electrons. The highest BCUT2D eigenvalue weighted by Gasteiger charge is 2.17. The Balaban J connectivity index is 2.50. The van der Waals surface area contributed by atoms with Gasteiger partial charge in [-0.25, -0.2) is 4.39 Å². The van der Waals surface area contributed by atoms with E-state index >= 15 is 0 Å². The predicted molar refractivity (Wildman–Crippen MR) is 62.8 cm³/mol. The lowest BCUT2D eigenvalue weighted by molar-refractivity contribution is 0.103. The number of benzene rings is 1. The third-order valence-corrected chi connectivity index (χ3v) is 2.76. The summed E-state index contributed by atoms with van der Waals surface area (Å²) in [5.41, 5.74) is 1.18. The van der Waals surface area contributed by atoms with Crippen LogP contribution in [-0.4, -0.2) is 15.6 Å². The van der Waals surface area contributed by atoms with Crippen molar-refractivity contribution in [1.29, 1.82) is 0 Å². The van der Waals surface area contributed by atoms with Gasteiger partial charge in [-0.05, 0) is 25.1 Å². The van der Waals surface area contributed by atoms with Gasteiger partial charge in [-0.3, -0.25) is 9.48 Å². The van der Waals surface area contributed by atoms with Crippen LogP contribution in [0.2, 0.25) is 5.02 Å². The number of nitrogens with zero attached hydrogens (tertiary/aromatic N) is 2. The summed E-state index contributed by atoms with van der Waals surface area (Å²) >= 11 is 5.89. The zero-order chi connectivity index (χ0) is 12.6. The van der Waals surface area contributed by atoms with Gasteiger partial charge >= 0.3 is 0 Å². The van der Waals surface area contributed by atoms with E-state index in [-0.39, 0.29) is 16.4 Å².